The second-order valence-electron chi connectivity index (χ2n) is 7.47. The first-order valence-corrected chi connectivity index (χ1v) is 9.36. The third kappa shape index (κ3) is 3.61. The van der Waals surface area contributed by atoms with E-state index in [0.717, 1.165) is 5.56 Å². The predicted octanol–water partition coefficient (Wildman–Crippen LogP) is 2.20. The molecule has 2 saturated heterocycles. The zero-order valence-corrected chi connectivity index (χ0v) is 15.5. The van der Waals surface area contributed by atoms with Gasteiger partial charge in [0.25, 0.3) is 0 Å². The monoisotopic (exact) mass is 362 g/mol. The van der Waals surface area contributed by atoms with Gasteiger partial charge in [-0.15, -0.1) is 0 Å². The number of halogens is 1. The Hall–Kier alpha value is -1.95. The van der Waals surface area contributed by atoms with Crippen molar-refractivity contribution in [2.75, 3.05) is 39.4 Å². The van der Waals surface area contributed by atoms with Crippen molar-refractivity contribution in [2.45, 2.75) is 32.1 Å². The van der Waals surface area contributed by atoms with Gasteiger partial charge in [-0.05, 0) is 30.5 Å². The molecular formula is C20H27FN2O3. The molecule has 6 heteroatoms. The van der Waals surface area contributed by atoms with Crippen molar-refractivity contribution in [1.82, 2.24) is 9.80 Å². The lowest BCUT2D eigenvalue weighted by Crippen LogP contribution is -2.57. The molecule has 1 aromatic rings. The molecule has 0 aliphatic carbocycles. The number of hydrogen-bond donors (Lipinski definition) is 0. The van der Waals surface area contributed by atoms with E-state index >= 15 is 0 Å². The summed E-state index contributed by atoms with van der Waals surface area (Å²) in [6.45, 7) is 7.06. The van der Waals surface area contributed by atoms with Crippen LogP contribution in [0.4, 0.5) is 4.39 Å². The molecule has 0 aromatic heterocycles. The smallest absolute Gasteiger partial charge is 0.233 e. The molecule has 5 nitrogen and oxygen atoms in total. The van der Waals surface area contributed by atoms with Crippen molar-refractivity contribution in [2.24, 2.45) is 5.92 Å². The Morgan fingerprint density at radius 1 is 1.00 bits per heavy atom. The van der Waals surface area contributed by atoms with Gasteiger partial charge in [0.05, 0.1) is 5.41 Å². The van der Waals surface area contributed by atoms with E-state index in [1.807, 2.05) is 23.6 Å². The van der Waals surface area contributed by atoms with Crippen molar-refractivity contribution in [3.05, 3.63) is 35.6 Å². The summed E-state index contributed by atoms with van der Waals surface area (Å²) in [5.74, 6) is -0.122. The molecule has 2 heterocycles. The van der Waals surface area contributed by atoms with Gasteiger partial charge >= 0.3 is 0 Å². The summed E-state index contributed by atoms with van der Waals surface area (Å²) in [5.41, 5.74) is 0.198. The van der Waals surface area contributed by atoms with Crippen LogP contribution in [-0.2, 0) is 19.7 Å². The molecule has 2 aliphatic heterocycles. The van der Waals surface area contributed by atoms with Crippen LogP contribution in [0.3, 0.4) is 0 Å². The van der Waals surface area contributed by atoms with E-state index in [9.17, 15) is 14.0 Å². The summed E-state index contributed by atoms with van der Waals surface area (Å²) in [6.07, 6.45) is 1.20. The Bertz CT molecular complexity index is 646. The molecule has 2 fully saturated rings. The molecular weight excluding hydrogens is 335 g/mol. The molecule has 1 aromatic carbocycles. The first-order valence-electron chi connectivity index (χ1n) is 9.36. The topological polar surface area (TPSA) is 49.9 Å². The van der Waals surface area contributed by atoms with Crippen LogP contribution in [0.15, 0.2) is 24.3 Å². The highest BCUT2D eigenvalue weighted by molar-refractivity contribution is 5.89. The summed E-state index contributed by atoms with van der Waals surface area (Å²) in [6, 6.07) is 6.27. The van der Waals surface area contributed by atoms with E-state index < -0.39 is 5.41 Å². The summed E-state index contributed by atoms with van der Waals surface area (Å²) in [4.78, 5) is 29.3. The lowest BCUT2D eigenvalue weighted by molar-refractivity contribution is -0.147. The highest BCUT2D eigenvalue weighted by Gasteiger charge is 2.44. The van der Waals surface area contributed by atoms with Gasteiger partial charge in [-0.25, -0.2) is 4.39 Å². The maximum Gasteiger partial charge on any atom is 0.233 e. The highest BCUT2D eigenvalue weighted by atomic mass is 19.1. The lowest BCUT2D eigenvalue weighted by Gasteiger charge is -2.43. The fourth-order valence-electron chi connectivity index (χ4n) is 3.91. The molecule has 0 spiro atoms. The minimum absolute atomic E-state index is 0.0293. The zero-order chi connectivity index (χ0) is 18.7. The maximum atomic E-state index is 13.4. The Morgan fingerprint density at radius 3 is 2.08 bits per heavy atom. The average Bonchev–Trinajstić information content (AvgIpc) is 2.68. The summed E-state index contributed by atoms with van der Waals surface area (Å²) in [5, 5.41) is 0. The third-order valence-corrected chi connectivity index (χ3v) is 5.53. The van der Waals surface area contributed by atoms with E-state index in [1.54, 1.807) is 12.1 Å². The lowest BCUT2D eigenvalue weighted by atomic mass is 9.73. The molecule has 26 heavy (non-hydrogen) atoms. The normalized spacial score (nSPS) is 20.3. The van der Waals surface area contributed by atoms with Gasteiger partial charge in [-0.3, -0.25) is 9.59 Å². The second-order valence-corrected chi connectivity index (χ2v) is 7.47. The standard InChI is InChI=1S/C20H27FN2O3/c1-15(2)18(24)22-9-11-23(12-10-22)19(25)20(7-13-26-14-8-20)16-3-5-17(21)6-4-16/h3-6,15H,7-14H2,1-2H3. The van der Waals surface area contributed by atoms with Crippen LogP contribution in [0.25, 0.3) is 0 Å². The van der Waals surface area contributed by atoms with Gasteiger partial charge < -0.3 is 14.5 Å². The highest BCUT2D eigenvalue weighted by Crippen LogP contribution is 2.37. The Morgan fingerprint density at radius 2 is 1.54 bits per heavy atom. The number of benzene rings is 1. The number of carbonyl (C=O) groups is 2. The average molecular weight is 362 g/mol. The van der Waals surface area contributed by atoms with Crippen LogP contribution in [0.2, 0.25) is 0 Å². The number of piperazine rings is 1. The number of amides is 2. The van der Waals surface area contributed by atoms with Crippen molar-refractivity contribution >= 4 is 11.8 Å². The number of ether oxygens (including phenoxy) is 1. The van der Waals surface area contributed by atoms with E-state index in [2.05, 4.69) is 0 Å². The number of nitrogens with zero attached hydrogens (tertiary/aromatic N) is 2. The minimum atomic E-state index is -0.657. The van der Waals surface area contributed by atoms with Crippen LogP contribution in [0.5, 0.6) is 0 Å². The van der Waals surface area contributed by atoms with Gasteiger partial charge in [0, 0.05) is 45.3 Å². The molecule has 0 radical (unpaired) electrons. The van der Waals surface area contributed by atoms with Gasteiger partial charge in [0.2, 0.25) is 11.8 Å². The van der Waals surface area contributed by atoms with Crippen molar-refractivity contribution < 1.29 is 18.7 Å². The molecule has 2 aliphatic rings. The molecule has 0 saturated carbocycles. The summed E-state index contributed by atoms with van der Waals surface area (Å²) >= 11 is 0. The first kappa shape index (κ1) is 18.8. The van der Waals surface area contributed by atoms with E-state index in [-0.39, 0.29) is 23.5 Å². The van der Waals surface area contributed by atoms with Crippen LogP contribution in [0, 0.1) is 11.7 Å². The second kappa shape index (κ2) is 7.74. The van der Waals surface area contributed by atoms with Crippen molar-refractivity contribution in [3.8, 4) is 0 Å². The van der Waals surface area contributed by atoms with Crippen LogP contribution < -0.4 is 0 Å². The third-order valence-electron chi connectivity index (χ3n) is 5.53. The number of rotatable bonds is 3. The van der Waals surface area contributed by atoms with E-state index in [0.29, 0.717) is 52.2 Å². The SMILES string of the molecule is CC(C)C(=O)N1CCN(C(=O)C2(c3ccc(F)cc3)CCOCC2)CC1. The van der Waals surface area contributed by atoms with Crippen molar-refractivity contribution in [3.63, 3.8) is 0 Å². The molecule has 142 valence electrons. The Kier molecular flexibility index (Phi) is 5.61. The van der Waals surface area contributed by atoms with Gasteiger partial charge in [-0.1, -0.05) is 26.0 Å². The maximum absolute atomic E-state index is 13.4. The van der Waals surface area contributed by atoms with Gasteiger partial charge in [-0.2, -0.15) is 0 Å². The fraction of sp³-hybridized carbons (Fsp3) is 0.600. The van der Waals surface area contributed by atoms with Crippen LogP contribution >= 0.6 is 0 Å². The molecule has 0 N–H and O–H groups in total. The fourth-order valence-corrected chi connectivity index (χ4v) is 3.91. The Labute approximate surface area is 154 Å². The largest absolute Gasteiger partial charge is 0.381 e. The van der Waals surface area contributed by atoms with Gasteiger partial charge in [0.15, 0.2) is 0 Å². The Balaban J connectivity index is 1.77. The minimum Gasteiger partial charge on any atom is -0.381 e. The number of carbonyl (C=O) groups excluding carboxylic acids is 2. The quantitative estimate of drug-likeness (QED) is 0.828. The molecule has 0 bridgehead atoms. The van der Waals surface area contributed by atoms with Gasteiger partial charge in [0.1, 0.15) is 5.82 Å². The van der Waals surface area contributed by atoms with Crippen LogP contribution in [-0.4, -0.2) is 61.0 Å². The summed E-state index contributed by atoms with van der Waals surface area (Å²) < 4.78 is 18.8. The molecule has 0 atom stereocenters. The van der Waals surface area contributed by atoms with E-state index in [4.69, 9.17) is 4.74 Å². The van der Waals surface area contributed by atoms with Crippen molar-refractivity contribution in [1.29, 1.82) is 0 Å². The number of hydrogen-bond acceptors (Lipinski definition) is 3. The molecule has 2 amide bonds. The van der Waals surface area contributed by atoms with E-state index in [1.165, 1.54) is 12.1 Å². The first-order chi connectivity index (χ1) is 12.4. The molecule has 0 unspecified atom stereocenters. The van der Waals surface area contributed by atoms with Crippen LogP contribution in [0.1, 0.15) is 32.3 Å². The summed E-state index contributed by atoms with van der Waals surface area (Å²) in [7, 11) is 0. The molecule has 3 rings (SSSR count). The zero-order valence-electron chi connectivity index (χ0n) is 15.5. The predicted molar refractivity (Wildman–Crippen MR) is 96.1 cm³/mol.